The maximum absolute atomic E-state index is 13.0. The molecule has 6 nitrogen and oxygen atoms in total. The first kappa shape index (κ1) is 20.8. The smallest absolute Gasteiger partial charge is 0.255 e. The molecule has 6 heteroatoms. The summed E-state index contributed by atoms with van der Waals surface area (Å²) in [4.78, 5) is 41.6. The lowest BCUT2D eigenvalue weighted by Gasteiger charge is -2.32. The average molecular weight is 418 g/mol. The topological polar surface area (TPSA) is 69.7 Å². The summed E-state index contributed by atoms with van der Waals surface area (Å²) < 4.78 is 0. The van der Waals surface area contributed by atoms with Gasteiger partial charge in [0.25, 0.3) is 5.91 Å². The third-order valence-corrected chi connectivity index (χ3v) is 5.92. The van der Waals surface area contributed by atoms with Gasteiger partial charge in [-0.25, -0.2) is 0 Å². The van der Waals surface area contributed by atoms with E-state index < -0.39 is 0 Å². The normalized spacial score (nSPS) is 17.8. The van der Waals surface area contributed by atoms with E-state index in [1.54, 1.807) is 23.2 Å². The Balaban J connectivity index is 1.53. The Hall–Kier alpha value is -3.41. The fourth-order valence-electron chi connectivity index (χ4n) is 4.34. The third kappa shape index (κ3) is 4.53. The van der Waals surface area contributed by atoms with Crippen LogP contribution < -0.4 is 5.32 Å². The van der Waals surface area contributed by atoms with Gasteiger partial charge in [0.05, 0.1) is 23.7 Å². The molecule has 2 aliphatic rings. The van der Waals surface area contributed by atoms with E-state index in [0.717, 1.165) is 43.5 Å². The zero-order valence-corrected chi connectivity index (χ0v) is 17.7. The molecular formula is C25H27N3O3. The molecule has 0 bridgehead atoms. The van der Waals surface area contributed by atoms with Gasteiger partial charge in [0.15, 0.2) is 0 Å². The Labute approximate surface area is 182 Å². The summed E-state index contributed by atoms with van der Waals surface area (Å²) in [5.41, 5.74) is 2.95. The summed E-state index contributed by atoms with van der Waals surface area (Å²) in [6.45, 7) is 3.00. The summed E-state index contributed by atoms with van der Waals surface area (Å²) in [5.74, 6) is -0.406. The number of rotatable bonds is 4. The molecule has 1 N–H and O–H groups in total. The highest BCUT2D eigenvalue weighted by Gasteiger charge is 2.29. The highest BCUT2D eigenvalue weighted by atomic mass is 16.2. The van der Waals surface area contributed by atoms with Crippen LogP contribution >= 0.6 is 0 Å². The van der Waals surface area contributed by atoms with E-state index in [4.69, 9.17) is 0 Å². The Bertz CT molecular complexity index is 1020. The molecule has 0 spiro atoms. The molecule has 1 atom stereocenters. The van der Waals surface area contributed by atoms with Crippen molar-refractivity contribution in [1.82, 2.24) is 9.80 Å². The van der Waals surface area contributed by atoms with Gasteiger partial charge in [-0.05, 0) is 48.6 Å². The van der Waals surface area contributed by atoms with Gasteiger partial charge >= 0.3 is 0 Å². The van der Waals surface area contributed by atoms with Crippen LogP contribution in [0.5, 0.6) is 0 Å². The van der Waals surface area contributed by atoms with Crippen molar-refractivity contribution < 1.29 is 14.4 Å². The molecule has 0 aliphatic carbocycles. The van der Waals surface area contributed by atoms with Crippen LogP contribution in [0.25, 0.3) is 6.08 Å². The summed E-state index contributed by atoms with van der Waals surface area (Å²) >= 11 is 0. The first-order valence-corrected chi connectivity index (χ1v) is 10.8. The van der Waals surface area contributed by atoms with Gasteiger partial charge in [-0.15, -0.1) is 0 Å². The first-order valence-electron chi connectivity index (χ1n) is 10.8. The number of fused-ring (bicyclic) bond motifs is 1. The average Bonchev–Trinajstić information content (AvgIpc) is 2.79. The second kappa shape index (κ2) is 9.16. The molecule has 0 aromatic heterocycles. The minimum Gasteiger partial charge on any atom is -0.339 e. The number of carbonyl (C=O) groups excluding carboxylic acids is 3. The van der Waals surface area contributed by atoms with Gasteiger partial charge in [-0.3, -0.25) is 14.4 Å². The minimum absolute atomic E-state index is 0.0492. The SMILES string of the molecule is CC(=O)N1C=Cc2ccccc2[C@@H]1CC(=O)Nc1ccccc1C(=O)N1CCCCC1. The van der Waals surface area contributed by atoms with Crippen molar-refractivity contribution in [3.63, 3.8) is 0 Å². The van der Waals surface area contributed by atoms with Crippen molar-refractivity contribution in [2.75, 3.05) is 18.4 Å². The second-order valence-corrected chi connectivity index (χ2v) is 8.04. The Morgan fingerprint density at radius 2 is 1.68 bits per heavy atom. The molecule has 0 unspecified atom stereocenters. The molecule has 4 rings (SSSR count). The molecule has 31 heavy (non-hydrogen) atoms. The monoisotopic (exact) mass is 417 g/mol. The number of likely N-dealkylation sites (tertiary alicyclic amines) is 1. The number of hydrogen-bond acceptors (Lipinski definition) is 3. The molecule has 2 aliphatic heterocycles. The number of anilines is 1. The molecule has 2 aromatic rings. The Morgan fingerprint density at radius 3 is 2.45 bits per heavy atom. The second-order valence-electron chi connectivity index (χ2n) is 8.04. The van der Waals surface area contributed by atoms with Crippen LogP contribution in [0.2, 0.25) is 0 Å². The lowest BCUT2D eigenvalue weighted by Crippen LogP contribution is -2.36. The first-order chi connectivity index (χ1) is 15.0. The van der Waals surface area contributed by atoms with E-state index in [-0.39, 0.29) is 30.2 Å². The third-order valence-electron chi connectivity index (χ3n) is 5.92. The van der Waals surface area contributed by atoms with Crippen molar-refractivity contribution >= 4 is 29.5 Å². The van der Waals surface area contributed by atoms with Crippen molar-refractivity contribution in [3.8, 4) is 0 Å². The lowest BCUT2D eigenvalue weighted by atomic mass is 9.93. The summed E-state index contributed by atoms with van der Waals surface area (Å²) in [6.07, 6.45) is 6.89. The molecule has 1 saturated heterocycles. The van der Waals surface area contributed by atoms with Gasteiger partial charge in [-0.1, -0.05) is 36.4 Å². The molecule has 160 valence electrons. The van der Waals surface area contributed by atoms with Gasteiger partial charge in [0.2, 0.25) is 11.8 Å². The maximum atomic E-state index is 13.0. The fraction of sp³-hybridized carbons (Fsp3) is 0.320. The van der Waals surface area contributed by atoms with E-state index in [9.17, 15) is 14.4 Å². The van der Waals surface area contributed by atoms with Crippen molar-refractivity contribution in [2.24, 2.45) is 0 Å². The molecule has 0 radical (unpaired) electrons. The highest BCUT2D eigenvalue weighted by molar-refractivity contribution is 6.04. The van der Waals surface area contributed by atoms with Crippen LogP contribution in [-0.2, 0) is 9.59 Å². The van der Waals surface area contributed by atoms with Gasteiger partial charge in [0.1, 0.15) is 0 Å². The molecule has 0 saturated carbocycles. The molecular weight excluding hydrogens is 390 g/mol. The minimum atomic E-state index is -0.386. The lowest BCUT2D eigenvalue weighted by molar-refractivity contribution is -0.129. The number of benzene rings is 2. The fourth-order valence-corrected chi connectivity index (χ4v) is 4.34. The van der Waals surface area contributed by atoms with Crippen molar-refractivity contribution in [2.45, 2.75) is 38.6 Å². The largest absolute Gasteiger partial charge is 0.339 e. The van der Waals surface area contributed by atoms with Crippen LogP contribution in [0.3, 0.4) is 0 Å². The van der Waals surface area contributed by atoms with Crippen LogP contribution in [-0.4, -0.2) is 40.6 Å². The van der Waals surface area contributed by atoms with E-state index in [0.29, 0.717) is 11.3 Å². The van der Waals surface area contributed by atoms with Crippen LogP contribution in [0.4, 0.5) is 5.69 Å². The van der Waals surface area contributed by atoms with Gasteiger partial charge in [-0.2, -0.15) is 0 Å². The predicted molar refractivity (Wildman–Crippen MR) is 120 cm³/mol. The summed E-state index contributed by atoms with van der Waals surface area (Å²) in [6, 6.07) is 14.5. The van der Waals surface area contributed by atoms with Gasteiger partial charge < -0.3 is 15.1 Å². The molecule has 2 heterocycles. The Kier molecular flexibility index (Phi) is 6.16. The zero-order valence-electron chi connectivity index (χ0n) is 17.7. The van der Waals surface area contributed by atoms with E-state index in [1.165, 1.54) is 6.92 Å². The van der Waals surface area contributed by atoms with Crippen LogP contribution in [0, 0.1) is 0 Å². The van der Waals surface area contributed by atoms with Crippen LogP contribution in [0.15, 0.2) is 54.7 Å². The van der Waals surface area contributed by atoms with Crippen molar-refractivity contribution in [1.29, 1.82) is 0 Å². The molecule has 1 fully saturated rings. The number of para-hydroxylation sites is 1. The van der Waals surface area contributed by atoms with E-state index in [2.05, 4.69) is 5.32 Å². The standard InChI is InChI=1S/C25H27N3O3/c1-18(29)28-16-13-19-9-3-4-10-20(19)23(28)17-24(30)26-22-12-6-5-11-21(22)25(31)27-14-7-2-8-15-27/h3-6,9-13,16,23H,2,7-8,14-15,17H2,1H3,(H,26,30)/t23-/m0/s1. The molecule has 2 aromatic carbocycles. The van der Waals surface area contributed by atoms with Crippen LogP contribution in [0.1, 0.15) is 60.1 Å². The van der Waals surface area contributed by atoms with E-state index >= 15 is 0 Å². The number of amides is 3. The van der Waals surface area contributed by atoms with E-state index in [1.807, 2.05) is 47.4 Å². The predicted octanol–water partition coefficient (Wildman–Crippen LogP) is 4.22. The highest BCUT2D eigenvalue weighted by Crippen LogP contribution is 2.33. The summed E-state index contributed by atoms with van der Waals surface area (Å²) in [5, 5.41) is 2.92. The quantitative estimate of drug-likeness (QED) is 0.810. The molecule has 3 amide bonds. The zero-order chi connectivity index (χ0) is 21.8. The number of hydrogen-bond donors (Lipinski definition) is 1. The maximum Gasteiger partial charge on any atom is 0.255 e. The number of nitrogens with zero attached hydrogens (tertiary/aromatic N) is 2. The number of nitrogens with one attached hydrogen (secondary N) is 1. The van der Waals surface area contributed by atoms with Gasteiger partial charge in [0, 0.05) is 26.2 Å². The Morgan fingerprint density at radius 1 is 0.968 bits per heavy atom. The number of carbonyl (C=O) groups is 3. The van der Waals surface area contributed by atoms with Crippen molar-refractivity contribution in [3.05, 3.63) is 71.4 Å². The number of piperidine rings is 1. The summed E-state index contributed by atoms with van der Waals surface area (Å²) in [7, 11) is 0.